The van der Waals surface area contributed by atoms with E-state index in [0.29, 0.717) is 22.8 Å². The summed E-state index contributed by atoms with van der Waals surface area (Å²) in [4.78, 5) is 14.8. The minimum atomic E-state index is 0.347. The van der Waals surface area contributed by atoms with E-state index >= 15 is 0 Å². The van der Waals surface area contributed by atoms with Crippen molar-refractivity contribution < 1.29 is 0 Å². The summed E-state index contributed by atoms with van der Waals surface area (Å²) in [7, 11) is 0. The third-order valence-electron chi connectivity index (χ3n) is 8.53. The molecule has 2 aliphatic carbocycles. The van der Waals surface area contributed by atoms with Crippen molar-refractivity contribution in [2.24, 2.45) is 17.8 Å². The predicted octanol–water partition coefficient (Wildman–Crippen LogP) is 8.92. The number of rotatable bonds is 8. The second-order valence-corrected chi connectivity index (χ2v) is 11.3. The molecule has 192 valence electrons. The van der Waals surface area contributed by atoms with Gasteiger partial charge in [-0.3, -0.25) is 4.98 Å². The molecule has 2 aromatic rings. The van der Waals surface area contributed by atoms with Crippen molar-refractivity contribution >= 4 is 22.7 Å². The molecule has 0 N–H and O–H groups in total. The number of aryl methyl sites for hydroxylation is 1. The van der Waals surface area contributed by atoms with Gasteiger partial charge in [0.25, 0.3) is 0 Å². The van der Waals surface area contributed by atoms with Crippen LogP contribution >= 0.6 is 11.6 Å². The molecular formula is C32H42ClN3. The Hall–Kier alpha value is -2.18. The van der Waals surface area contributed by atoms with Crippen LogP contribution in [0.2, 0.25) is 5.02 Å². The molecule has 1 saturated carbocycles. The fraction of sp³-hybridized carbons (Fsp3) is 0.594. The predicted molar refractivity (Wildman–Crippen MR) is 152 cm³/mol. The lowest BCUT2D eigenvalue weighted by Crippen LogP contribution is -2.19. The molecule has 2 unspecified atom stereocenters. The SMILES string of the molecule is CCCC#CC1=C(c2ncc(CCC(CC)CC)cn2)CC(C2CCCC2)C(C)c2ncc(Cl)cc21. The summed E-state index contributed by atoms with van der Waals surface area (Å²) >= 11 is 6.50. The van der Waals surface area contributed by atoms with Crippen LogP contribution in [0.3, 0.4) is 0 Å². The van der Waals surface area contributed by atoms with Crippen LogP contribution in [0.4, 0.5) is 0 Å². The number of pyridine rings is 1. The fourth-order valence-corrected chi connectivity index (χ4v) is 6.34. The van der Waals surface area contributed by atoms with Crippen molar-refractivity contribution in [3.63, 3.8) is 0 Å². The molecule has 4 heteroatoms. The summed E-state index contributed by atoms with van der Waals surface area (Å²) in [6.45, 7) is 9.10. The average molecular weight is 504 g/mol. The third-order valence-corrected chi connectivity index (χ3v) is 8.74. The Morgan fingerprint density at radius 3 is 2.42 bits per heavy atom. The van der Waals surface area contributed by atoms with Crippen LogP contribution < -0.4 is 0 Å². The molecule has 1 fully saturated rings. The highest BCUT2D eigenvalue weighted by atomic mass is 35.5. The van der Waals surface area contributed by atoms with Crippen molar-refractivity contribution in [1.82, 2.24) is 15.0 Å². The highest BCUT2D eigenvalue weighted by Gasteiger charge is 2.36. The standard InChI is InChI=1S/C32H42ClN3/c1-5-8-9-14-27-29-17-26(33)21-34-31(29)22(4)28(25-12-10-11-13-25)18-30(27)32-35-19-24(20-36-32)16-15-23(6-2)7-3/h17,19-23,25,28H,5-8,10-13,15-16,18H2,1-4H3. The molecule has 0 amide bonds. The van der Waals surface area contributed by atoms with Gasteiger partial charge < -0.3 is 0 Å². The van der Waals surface area contributed by atoms with E-state index < -0.39 is 0 Å². The van der Waals surface area contributed by atoms with Gasteiger partial charge >= 0.3 is 0 Å². The zero-order chi connectivity index (χ0) is 25.5. The molecule has 2 heterocycles. The molecule has 2 atom stereocenters. The smallest absolute Gasteiger partial charge is 0.156 e. The van der Waals surface area contributed by atoms with E-state index in [2.05, 4.69) is 45.6 Å². The Labute approximate surface area is 223 Å². The molecule has 0 radical (unpaired) electrons. The fourth-order valence-electron chi connectivity index (χ4n) is 6.18. The summed E-state index contributed by atoms with van der Waals surface area (Å²) in [5, 5.41) is 0.659. The van der Waals surface area contributed by atoms with Crippen LogP contribution in [0.25, 0.3) is 11.1 Å². The summed E-state index contributed by atoms with van der Waals surface area (Å²) in [6.07, 6.45) is 18.7. The number of nitrogens with zero attached hydrogens (tertiary/aromatic N) is 3. The van der Waals surface area contributed by atoms with E-state index in [9.17, 15) is 0 Å². The summed E-state index contributed by atoms with van der Waals surface area (Å²) in [5.41, 5.74) is 5.65. The van der Waals surface area contributed by atoms with E-state index in [-0.39, 0.29) is 0 Å². The monoisotopic (exact) mass is 503 g/mol. The lowest BCUT2D eigenvalue weighted by atomic mass is 9.77. The molecule has 2 aliphatic rings. The maximum atomic E-state index is 6.50. The average Bonchev–Trinajstić information content (AvgIpc) is 3.40. The Kier molecular flexibility index (Phi) is 9.60. The van der Waals surface area contributed by atoms with Gasteiger partial charge in [0.15, 0.2) is 5.82 Å². The minimum absolute atomic E-state index is 0.347. The van der Waals surface area contributed by atoms with Gasteiger partial charge in [-0.2, -0.15) is 0 Å². The van der Waals surface area contributed by atoms with Crippen LogP contribution in [-0.4, -0.2) is 15.0 Å². The highest BCUT2D eigenvalue weighted by molar-refractivity contribution is 6.30. The van der Waals surface area contributed by atoms with Crippen molar-refractivity contribution in [2.45, 2.75) is 104 Å². The minimum Gasteiger partial charge on any atom is -0.259 e. The number of fused-ring (bicyclic) bond motifs is 1. The molecule has 2 aromatic heterocycles. The Morgan fingerprint density at radius 1 is 1.03 bits per heavy atom. The molecule has 4 rings (SSSR count). The molecular weight excluding hydrogens is 462 g/mol. The first-order valence-electron chi connectivity index (χ1n) is 14.2. The zero-order valence-corrected chi connectivity index (χ0v) is 23.4. The van der Waals surface area contributed by atoms with Crippen molar-refractivity contribution in [2.75, 3.05) is 0 Å². The van der Waals surface area contributed by atoms with E-state index in [4.69, 9.17) is 26.6 Å². The van der Waals surface area contributed by atoms with Gasteiger partial charge in [-0.15, -0.1) is 0 Å². The van der Waals surface area contributed by atoms with Crippen LogP contribution in [0.1, 0.15) is 120 Å². The first-order chi connectivity index (χ1) is 17.5. The molecule has 0 aromatic carbocycles. The zero-order valence-electron chi connectivity index (χ0n) is 22.6. The molecule has 0 saturated heterocycles. The highest BCUT2D eigenvalue weighted by Crippen LogP contribution is 2.48. The normalized spacial score (nSPS) is 20.3. The topological polar surface area (TPSA) is 38.7 Å². The van der Waals surface area contributed by atoms with Gasteiger partial charge in [0.05, 0.1) is 10.7 Å². The Bertz CT molecular complexity index is 1100. The van der Waals surface area contributed by atoms with Gasteiger partial charge in [0.2, 0.25) is 0 Å². The number of hydrogen-bond donors (Lipinski definition) is 0. The summed E-state index contributed by atoms with van der Waals surface area (Å²) < 4.78 is 0. The first kappa shape index (κ1) is 26.9. The molecule has 0 bridgehead atoms. The second-order valence-electron chi connectivity index (χ2n) is 10.8. The third kappa shape index (κ3) is 6.20. The van der Waals surface area contributed by atoms with Crippen molar-refractivity contribution in [1.29, 1.82) is 0 Å². The molecule has 0 spiro atoms. The largest absolute Gasteiger partial charge is 0.259 e. The lowest BCUT2D eigenvalue weighted by Gasteiger charge is -2.28. The van der Waals surface area contributed by atoms with Crippen LogP contribution in [0.15, 0.2) is 24.7 Å². The van der Waals surface area contributed by atoms with E-state index in [1.807, 2.05) is 12.4 Å². The first-order valence-corrected chi connectivity index (χ1v) is 14.6. The molecule has 0 aliphatic heterocycles. The van der Waals surface area contributed by atoms with E-state index in [0.717, 1.165) is 54.3 Å². The van der Waals surface area contributed by atoms with Crippen LogP contribution in [0, 0.1) is 29.6 Å². The number of aromatic nitrogens is 3. The quantitative estimate of drug-likeness (QED) is 0.337. The summed E-state index contributed by atoms with van der Waals surface area (Å²) in [6, 6.07) is 2.07. The van der Waals surface area contributed by atoms with Gasteiger partial charge in [-0.25, -0.2) is 9.97 Å². The van der Waals surface area contributed by atoms with E-state index in [1.54, 1.807) is 6.20 Å². The maximum absolute atomic E-state index is 6.50. The Balaban J connectivity index is 1.78. The summed E-state index contributed by atoms with van der Waals surface area (Å²) in [5.74, 6) is 10.1. The van der Waals surface area contributed by atoms with Gasteiger partial charge in [-0.1, -0.05) is 89.7 Å². The van der Waals surface area contributed by atoms with Crippen LogP contribution in [-0.2, 0) is 6.42 Å². The van der Waals surface area contributed by atoms with Gasteiger partial charge in [-0.05, 0) is 55.1 Å². The van der Waals surface area contributed by atoms with Crippen molar-refractivity contribution in [3.8, 4) is 11.8 Å². The molecule has 36 heavy (non-hydrogen) atoms. The molecule has 3 nitrogen and oxygen atoms in total. The van der Waals surface area contributed by atoms with Gasteiger partial charge in [0, 0.05) is 47.6 Å². The number of halogens is 1. The van der Waals surface area contributed by atoms with Crippen molar-refractivity contribution in [3.05, 3.63) is 52.3 Å². The second kappa shape index (κ2) is 12.9. The Morgan fingerprint density at radius 2 is 1.75 bits per heavy atom. The lowest BCUT2D eigenvalue weighted by molar-refractivity contribution is 0.298. The number of unbranched alkanes of at least 4 members (excludes halogenated alkanes) is 1. The van der Waals surface area contributed by atoms with Gasteiger partial charge in [0.1, 0.15) is 0 Å². The number of allylic oxidation sites excluding steroid dienone is 2. The number of hydrogen-bond acceptors (Lipinski definition) is 3. The van der Waals surface area contributed by atoms with Crippen LogP contribution in [0.5, 0.6) is 0 Å². The maximum Gasteiger partial charge on any atom is 0.156 e. The van der Waals surface area contributed by atoms with E-state index in [1.165, 1.54) is 56.1 Å².